The summed E-state index contributed by atoms with van der Waals surface area (Å²) in [7, 11) is 23.2. The van der Waals surface area contributed by atoms with E-state index in [1.807, 2.05) is 5.32 Å². The van der Waals surface area contributed by atoms with E-state index in [9.17, 15) is 28.0 Å². The zero-order valence-electron chi connectivity index (χ0n) is 18.6. The maximum Gasteiger partial charge on any atom is 0.348 e. The molecule has 7 nitrogen and oxygen atoms in total. The highest BCUT2D eigenvalue weighted by Gasteiger charge is 2.50. The molecule has 36 heavy (non-hydrogen) atoms. The van der Waals surface area contributed by atoms with Gasteiger partial charge in [-0.1, -0.05) is 35.9 Å². The molecule has 2 aliphatic heterocycles. The third-order valence-corrected chi connectivity index (χ3v) is 6.47. The first-order valence-corrected chi connectivity index (χ1v) is 10.9. The summed E-state index contributed by atoms with van der Waals surface area (Å²) in [6, 6.07) is 7.54. The average Bonchev–Trinajstić information content (AvgIpc) is 3.13. The molecule has 2 aliphatic rings. The van der Waals surface area contributed by atoms with Gasteiger partial charge in [0.2, 0.25) is 19.8 Å². The molecule has 0 saturated carbocycles. The van der Waals surface area contributed by atoms with E-state index in [0.717, 1.165) is 17.0 Å². The van der Waals surface area contributed by atoms with Gasteiger partial charge in [-0.3, -0.25) is 24.5 Å². The number of benzene rings is 2. The first kappa shape index (κ1) is 26.0. The highest BCUT2D eigenvalue weighted by Crippen LogP contribution is 2.41. The zero-order valence-corrected chi connectivity index (χ0v) is 19.3. The van der Waals surface area contributed by atoms with Crippen LogP contribution in [-0.2, 0) is 33.4 Å². The summed E-state index contributed by atoms with van der Waals surface area (Å²) in [5.74, 6) is -9.29. The van der Waals surface area contributed by atoms with Gasteiger partial charge in [-0.15, -0.1) is 0 Å². The molecule has 8 radical (unpaired) electrons. The van der Waals surface area contributed by atoms with Crippen molar-refractivity contribution in [1.29, 1.82) is 0 Å². The van der Waals surface area contributed by atoms with Crippen molar-refractivity contribution in [3.8, 4) is 0 Å². The standard InChI is InChI=1S/C22H14B4ClF2N3O4/c23-16-15(17(33)30-19(35)21(16,24)25)31-9-11-7-10(1-6-14(11)18(31)34)8-32(26)20(36)22(28,29)12-2-4-13(27)5-3-12/h1-7,15-16H,8-9H2,(H,30,33,35). The molecular weight excluding hydrogens is 487 g/mol. The topological polar surface area (TPSA) is 86.8 Å². The second-order valence-electron chi connectivity index (χ2n) is 8.66. The Hall–Kier alpha value is -3.07. The Bertz CT molecular complexity index is 1280. The summed E-state index contributed by atoms with van der Waals surface area (Å²) in [6.07, 6.45) is 0. The number of nitrogens with one attached hydrogen (secondary N) is 1. The van der Waals surface area contributed by atoms with Crippen molar-refractivity contribution in [2.45, 2.75) is 36.1 Å². The van der Waals surface area contributed by atoms with Gasteiger partial charge in [0.05, 0.1) is 23.5 Å². The van der Waals surface area contributed by atoms with Crippen LogP contribution in [0.25, 0.3) is 0 Å². The Morgan fingerprint density at radius 2 is 1.81 bits per heavy atom. The van der Waals surface area contributed by atoms with Crippen LogP contribution in [0.1, 0.15) is 27.0 Å². The number of hydrogen-bond donors (Lipinski definition) is 1. The Balaban J connectivity index is 1.51. The highest BCUT2D eigenvalue weighted by molar-refractivity contribution is 6.56. The molecule has 2 aromatic rings. The number of amides is 4. The summed E-state index contributed by atoms with van der Waals surface area (Å²) in [5, 5.41) is 0.157. The lowest BCUT2D eigenvalue weighted by Gasteiger charge is -2.44. The molecule has 1 saturated heterocycles. The van der Waals surface area contributed by atoms with E-state index in [4.69, 9.17) is 43.1 Å². The van der Waals surface area contributed by atoms with Crippen LogP contribution in [0.5, 0.6) is 0 Å². The minimum absolute atomic E-state index is 0.0997. The monoisotopic (exact) mass is 501 g/mol. The quantitative estimate of drug-likeness (QED) is 0.489. The van der Waals surface area contributed by atoms with Crippen molar-refractivity contribution in [3.63, 3.8) is 0 Å². The van der Waals surface area contributed by atoms with Gasteiger partial charge in [-0.25, -0.2) is 0 Å². The number of carbonyl (C=O) groups excluding carboxylic acids is 4. The fraction of sp³-hybridized carbons (Fsp3) is 0.273. The molecule has 2 heterocycles. The molecule has 4 amide bonds. The largest absolute Gasteiger partial charge is 0.387 e. The number of imide groups is 1. The predicted octanol–water partition coefficient (Wildman–Crippen LogP) is 0.935. The fourth-order valence-electron chi connectivity index (χ4n) is 4.16. The lowest BCUT2D eigenvalue weighted by Crippen LogP contribution is -2.61. The zero-order chi connectivity index (χ0) is 26.6. The maximum atomic E-state index is 14.7. The van der Waals surface area contributed by atoms with Gasteiger partial charge in [0.25, 0.3) is 11.8 Å². The number of hydrogen-bond acceptors (Lipinski definition) is 4. The first-order chi connectivity index (χ1) is 16.7. The molecule has 0 aromatic heterocycles. The van der Waals surface area contributed by atoms with E-state index in [0.29, 0.717) is 15.9 Å². The van der Waals surface area contributed by atoms with E-state index < -0.39 is 58.7 Å². The predicted molar refractivity (Wildman–Crippen MR) is 129 cm³/mol. The van der Waals surface area contributed by atoms with Crippen molar-refractivity contribution in [2.75, 3.05) is 0 Å². The molecule has 0 spiro atoms. The Morgan fingerprint density at radius 3 is 2.44 bits per heavy atom. The van der Waals surface area contributed by atoms with Crippen LogP contribution in [0.2, 0.25) is 16.1 Å². The second-order valence-corrected chi connectivity index (χ2v) is 9.10. The van der Waals surface area contributed by atoms with Crippen LogP contribution >= 0.6 is 11.6 Å². The number of fused-ring (bicyclic) bond motifs is 1. The molecule has 0 aliphatic carbocycles. The minimum atomic E-state index is -3.90. The number of halogens is 3. The van der Waals surface area contributed by atoms with Gasteiger partial charge in [-0.2, -0.15) is 8.78 Å². The molecule has 0 bridgehead atoms. The second kappa shape index (κ2) is 9.10. The van der Waals surface area contributed by atoms with E-state index in [2.05, 4.69) is 0 Å². The maximum absolute atomic E-state index is 14.7. The Labute approximate surface area is 215 Å². The van der Waals surface area contributed by atoms with Gasteiger partial charge >= 0.3 is 5.92 Å². The van der Waals surface area contributed by atoms with Gasteiger partial charge in [0.1, 0.15) is 6.04 Å². The van der Waals surface area contributed by atoms with Crippen LogP contribution in [0.4, 0.5) is 8.78 Å². The molecule has 2 aromatic carbocycles. The van der Waals surface area contributed by atoms with Gasteiger partial charge in [-0.05, 0) is 40.4 Å². The molecular formula is C22H14B4ClF2N3O4. The number of piperidine rings is 1. The fourth-order valence-corrected chi connectivity index (χ4v) is 4.28. The van der Waals surface area contributed by atoms with Crippen molar-refractivity contribution in [1.82, 2.24) is 15.0 Å². The summed E-state index contributed by atoms with van der Waals surface area (Å²) < 4.78 is 29.3. The van der Waals surface area contributed by atoms with E-state index in [-0.39, 0.29) is 17.1 Å². The van der Waals surface area contributed by atoms with E-state index >= 15 is 0 Å². The highest BCUT2D eigenvalue weighted by atomic mass is 35.5. The van der Waals surface area contributed by atoms with Crippen LogP contribution in [0, 0.1) is 0 Å². The molecule has 4 rings (SSSR count). The average molecular weight is 501 g/mol. The molecule has 2 atom stereocenters. The summed E-state index contributed by atoms with van der Waals surface area (Å²) in [4.78, 5) is 51.2. The van der Waals surface area contributed by atoms with Gasteiger partial charge in [0.15, 0.2) is 0 Å². The third kappa shape index (κ3) is 4.34. The van der Waals surface area contributed by atoms with Crippen LogP contribution < -0.4 is 5.32 Å². The number of carbonyl (C=O) groups is 4. The molecule has 1 fully saturated rings. The lowest BCUT2D eigenvalue weighted by molar-refractivity contribution is -0.154. The number of nitrogens with zero attached hydrogens (tertiary/aromatic N) is 2. The summed E-state index contributed by atoms with van der Waals surface area (Å²) >= 11 is 5.72. The lowest BCUT2D eigenvalue weighted by atomic mass is 9.40. The van der Waals surface area contributed by atoms with Gasteiger partial charge < -0.3 is 9.71 Å². The van der Waals surface area contributed by atoms with E-state index in [1.165, 1.54) is 30.3 Å². The molecule has 14 heteroatoms. The van der Waals surface area contributed by atoms with Crippen molar-refractivity contribution >= 4 is 66.7 Å². The molecule has 174 valence electrons. The number of alkyl halides is 2. The smallest absolute Gasteiger partial charge is 0.348 e. The first-order valence-electron chi connectivity index (χ1n) is 10.6. The summed E-state index contributed by atoms with van der Waals surface area (Å²) in [5.41, 5.74) is 0.431. The van der Waals surface area contributed by atoms with Crippen molar-refractivity contribution < 1.29 is 28.0 Å². The molecule has 1 N–H and O–H groups in total. The Morgan fingerprint density at radius 1 is 1.17 bits per heavy atom. The SMILES string of the molecule is [B]C1C(N2Cc3cc(CN([B])C(=O)C(F)(F)c4ccc(Cl)cc4)ccc3C2=O)C(=O)NC(=O)C1([B])[B]. The van der Waals surface area contributed by atoms with Gasteiger partial charge in [0, 0.05) is 29.2 Å². The number of rotatable bonds is 5. The van der Waals surface area contributed by atoms with Crippen LogP contribution in [0.15, 0.2) is 42.5 Å². The Kier molecular flexibility index (Phi) is 6.58. The van der Waals surface area contributed by atoms with Crippen molar-refractivity contribution in [3.05, 3.63) is 69.7 Å². The third-order valence-electron chi connectivity index (χ3n) is 6.22. The van der Waals surface area contributed by atoms with Crippen LogP contribution in [0.3, 0.4) is 0 Å². The molecule has 2 unspecified atom stereocenters. The minimum Gasteiger partial charge on any atom is -0.387 e. The van der Waals surface area contributed by atoms with Crippen LogP contribution in [-0.4, -0.2) is 70.9 Å². The van der Waals surface area contributed by atoms with Crippen molar-refractivity contribution in [2.24, 2.45) is 0 Å². The normalized spacial score (nSPS) is 21.2. The summed E-state index contributed by atoms with van der Waals surface area (Å²) in [6.45, 7) is -0.492. The van der Waals surface area contributed by atoms with E-state index in [1.54, 1.807) is 0 Å².